The largest absolute Gasteiger partial charge is 0.298 e. The van der Waals surface area contributed by atoms with Crippen molar-refractivity contribution in [3.63, 3.8) is 0 Å². The van der Waals surface area contributed by atoms with Gasteiger partial charge in [-0.05, 0) is 28.7 Å². The molecule has 2 nitrogen and oxygen atoms in total. The van der Waals surface area contributed by atoms with Crippen molar-refractivity contribution in [1.29, 1.82) is 0 Å². The maximum Gasteiger partial charge on any atom is 0.0714 e. The molecule has 0 aliphatic heterocycles. The van der Waals surface area contributed by atoms with Gasteiger partial charge < -0.3 is 0 Å². The van der Waals surface area contributed by atoms with E-state index in [9.17, 15) is 0 Å². The van der Waals surface area contributed by atoms with Crippen LogP contribution in [0.4, 0.5) is 0 Å². The molecule has 2 rings (SSSR count). The Morgan fingerprint density at radius 1 is 0.947 bits per heavy atom. The number of nitrogens with one attached hydrogen (secondary N) is 1. The predicted octanol–water partition coefficient (Wildman–Crippen LogP) is 3.69. The number of benzene rings is 1. The van der Waals surface area contributed by atoms with E-state index in [2.05, 4.69) is 55.3 Å². The summed E-state index contributed by atoms with van der Waals surface area (Å²) >= 11 is 0. The average molecular weight is 252 g/mol. The first-order valence-corrected chi connectivity index (χ1v) is 6.50. The van der Waals surface area contributed by atoms with Gasteiger partial charge in [0, 0.05) is 6.20 Å². The third-order valence-corrected chi connectivity index (χ3v) is 2.95. The Morgan fingerprint density at radius 3 is 2.26 bits per heavy atom. The van der Waals surface area contributed by atoms with Gasteiger partial charge in [-0.1, -0.05) is 51.1 Å². The quantitative estimate of drug-likeness (QED) is 0.897. The topological polar surface area (TPSA) is 24.9 Å². The fourth-order valence-electron chi connectivity index (χ4n) is 1.76. The number of hydrogen-bond donors (Lipinski definition) is 1. The molecular formula is C17H20N2. The van der Waals surface area contributed by atoms with Gasteiger partial charge in [0.25, 0.3) is 0 Å². The van der Waals surface area contributed by atoms with Crippen molar-refractivity contribution in [2.75, 3.05) is 0 Å². The number of pyridine rings is 1. The van der Waals surface area contributed by atoms with E-state index in [1.165, 1.54) is 5.56 Å². The highest BCUT2D eigenvalue weighted by Gasteiger charge is 2.12. The first kappa shape index (κ1) is 13.8. The van der Waals surface area contributed by atoms with Crippen molar-refractivity contribution < 1.29 is 0 Å². The minimum absolute atomic E-state index is 0.200. The Balaban J connectivity index is 1.87. The Hall–Kier alpha value is -1.67. The first-order valence-electron chi connectivity index (χ1n) is 6.50. The van der Waals surface area contributed by atoms with Gasteiger partial charge in [0.15, 0.2) is 0 Å². The minimum atomic E-state index is 0.200. The molecule has 1 aromatic carbocycles. The molecule has 1 aromatic heterocycles. The van der Waals surface area contributed by atoms with Gasteiger partial charge in [-0.3, -0.25) is 10.3 Å². The van der Waals surface area contributed by atoms with Crippen LogP contribution in [0.15, 0.2) is 48.7 Å². The van der Waals surface area contributed by atoms with E-state index in [4.69, 9.17) is 0 Å². The van der Waals surface area contributed by atoms with Crippen LogP contribution in [0.1, 0.15) is 37.6 Å². The summed E-state index contributed by atoms with van der Waals surface area (Å²) in [7, 11) is 0. The molecule has 2 radical (unpaired) electrons. The van der Waals surface area contributed by atoms with Crippen molar-refractivity contribution in [3.05, 3.63) is 78.6 Å². The summed E-state index contributed by atoms with van der Waals surface area (Å²) < 4.78 is 0. The van der Waals surface area contributed by atoms with E-state index in [1.54, 1.807) is 6.20 Å². The lowest BCUT2D eigenvalue weighted by Gasteiger charge is -2.19. The summed E-state index contributed by atoms with van der Waals surface area (Å²) in [6.45, 7) is 10.5. The summed E-state index contributed by atoms with van der Waals surface area (Å²) in [6.07, 6.45) is 1.78. The molecule has 0 saturated carbocycles. The number of nitrogens with zero attached hydrogens (tertiary/aromatic N) is 1. The third kappa shape index (κ3) is 4.18. The van der Waals surface area contributed by atoms with Crippen LogP contribution in [0, 0.1) is 13.1 Å². The van der Waals surface area contributed by atoms with Crippen LogP contribution in [-0.4, -0.2) is 4.98 Å². The molecule has 2 heteroatoms. The molecule has 0 bridgehead atoms. The van der Waals surface area contributed by atoms with Crippen LogP contribution in [0.3, 0.4) is 0 Å². The SMILES string of the molecule is CC(C)(C)c1ccc([CH]N[CH]c2ccccn2)cc1. The lowest BCUT2D eigenvalue weighted by Crippen LogP contribution is -2.12. The summed E-state index contributed by atoms with van der Waals surface area (Å²) in [6, 6.07) is 14.4. The molecule has 0 atom stereocenters. The zero-order valence-electron chi connectivity index (χ0n) is 11.7. The lowest BCUT2D eigenvalue weighted by molar-refractivity contribution is 0.590. The molecule has 0 aliphatic rings. The maximum absolute atomic E-state index is 4.22. The standard InChI is InChI=1S/C17H20N2/c1-17(2,3)15-9-7-14(8-10-15)12-18-13-16-6-4-5-11-19-16/h4-13,18H,1-3H3. The van der Waals surface area contributed by atoms with Crippen molar-refractivity contribution in [1.82, 2.24) is 10.3 Å². The number of aromatic nitrogens is 1. The molecule has 0 amide bonds. The monoisotopic (exact) mass is 252 g/mol. The van der Waals surface area contributed by atoms with Gasteiger partial charge in [0.1, 0.15) is 0 Å². The van der Waals surface area contributed by atoms with Gasteiger partial charge in [-0.25, -0.2) is 0 Å². The molecule has 0 fully saturated rings. The Bertz CT molecular complexity index is 495. The number of hydrogen-bond acceptors (Lipinski definition) is 2. The second-order valence-electron chi connectivity index (χ2n) is 5.58. The van der Waals surface area contributed by atoms with Gasteiger partial charge in [0.05, 0.1) is 18.8 Å². The molecule has 0 spiro atoms. The minimum Gasteiger partial charge on any atom is -0.298 e. The lowest BCUT2D eigenvalue weighted by atomic mass is 9.87. The van der Waals surface area contributed by atoms with Crippen molar-refractivity contribution in [2.24, 2.45) is 0 Å². The molecule has 1 N–H and O–H groups in total. The van der Waals surface area contributed by atoms with Crippen LogP contribution in [0.5, 0.6) is 0 Å². The summed E-state index contributed by atoms with van der Waals surface area (Å²) in [5.74, 6) is 0. The maximum atomic E-state index is 4.22. The van der Waals surface area contributed by atoms with Gasteiger partial charge in [-0.15, -0.1) is 0 Å². The van der Waals surface area contributed by atoms with Crippen LogP contribution in [0.2, 0.25) is 0 Å². The van der Waals surface area contributed by atoms with Gasteiger partial charge in [0.2, 0.25) is 0 Å². The highest BCUT2D eigenvalue weighted by atomic mass is 14.9. The summed E-state index contributed by atoms with van der Waals surface area (Å²) in [5.41, 5.74) is 3.62. The summed E-state index contributed by atoms with van der Waals surface area (Å²) in [5, 5.41) is 3.16. The van der Waals surface area contributed by atoms with Crippen LogP contribution in [0.25, 0.3) is 0 Å². The van der Waals surface area contributed by atoms with Crippen molar-refractivity contribution >= 4 is 0 Å². The molecule has 0 unspecified atom stereocenters. The molecule has 1 heterocycles. The third-order valence-electron chi connectivity index (χ3n) is 2.95. The van der Waals surface area contributed by atoms with Gasteiger partial charge >= 0.3 is 0 Å². The zero-order valence-corrected chi connectivity index (χ0v) is 11.7. The molecular weight excluding hydrogens is 232 g/mol. The second-order valence-corrected chi connectivity index (χ2v) is 5.58. The van der Waals surface area contributed by atoms with Crippen LogP contribution in [-0.2, 0) is 5.41 Å². The van der Waals surface area contributed by atoms with Crippen molar-refractivity contribution in [3.8, 4) is 0 Å². The highest BCUT2D eigenvalue weighted by Crippen LogP contribution is 2.22. The van der Waals surface area contributed by atoms with Crippen LogP contribution < -0.4 is 5.32 Å². The Kier molecular flexibility index (Phi) is 4.33. The van der Waals surface area contributed by atoms with E-state index in [1.807, 2.05) is 31.3 Å². The first-order chi connectivity index (χ1) is 9.05. The smallest absolute Gasteiger partial charge is 0.0714 e. The van der Waals surface area contributed by atoms with Crippen LogP contribution >= 0.6 is 0 Å². The average Bonchev–Trinajstić information content (AvgIpc) is 2.39. The van der Waals surface area contributed by atoms with Gasteiger partial charge in [-0.2, -0.15) is 0 Å². The van der Waals surface area contributed by atoms with E-state index in [0.717, 1.165) is 11.3 Å². The normalized spacial score (nSPS) is 11.5. The fraction of sp³-hybridized carbons (Fsp3) is 0.235. The zero-order chi connectivity index (χ0) is 13.7. The summed E-state index contributed by atoms with van der Waals surface area (Å²) in [4.78, 5) is 4.22. The Morgan fingerprint density at radius 2 is 1.68 bits per heavy atom. The fourth-order valence-corrected chi connectivity index (χ4v) is 1.76. The second kappa shape index (κ2) is 5.98. The molecule has 2 aromatic rings. The molecule has 19 heavy (non-hydrogen) atoms. The molecule has 0 saturated heterocycles. The van der Waals surface area contributed by atoms with E-state index < -0.39 is 0 Å². The highest BCUT2D eigenvalue weighted by molar-refractivity contribution is 5.31. The van der Waals surface area contributed by atoms with E-state index in [-0.39, 0.29) is 5.41 Å². The predicted molar refractivity (Wildman–Crippen MR) is 79.3 cm³/mol. The Labute approximate surface area is 115 Å². The number of rotatable bonds is 4. The molecule has 98 valence electrons. The molecule has 0 aliphatic carbocycles. The van der Waals surface area contributed by atoms with Crippen molar-refractivity contribution in [2.45, 2.75) is 26.2 Å². The van der Waals surface area contributed by atoms with E-state index >= 15 is 0 Å². The van der Waals surface area contributed by atoms with E-state index in [0.29, 0.717) is 0 Å².